The van der Waals surface area contributed by atoms with E-state index in [1.165, 1.54) is 12.1 Å². The molecule has 26 heavy (non-hydrogen) atoms. The normalized spacial score (nSPS) is 16.7. The number of ether oxygens (including phenoxy) is 2. The third-order valence-electron chi connectivity index (χ3n) is 3.52. The molecular weight excluding hydrogens is 337 g/mol. The van der Waals surface area contributed by atoms with Gasteiger partial charge in [0.25, 0.3) is 0 Å². The minimum Gasteiger partial charge on any atom is -0.488 e. The van der Waals surface area contributed by atoms with Crippen molar-refractivity contribution in [3.63, 3.8) is 0 Å². The molecule has 0 spiro atoms. The standard InChI is InChI=1S/C10H11FO2.C10H19NO2/c1-7(2)13-9-5-3-4-8(6-12)10(9)11;1-10(2,3)13-9(12)6-8-4-5-11-7-8/h3-7H,1-2H3;8,11H,4-7H2,1-3H3/t;8-/m.1/s1. The number of aldehydes is 1. The highest BCUT2D eigenvalue weighted by molar-refractivity contribution is 5.76. The van der Waals surface area contributed by atoms with Gasteiger partial charge < -0.3 is 14.8 Å². The Labute approximate surface area is 155 Å². The van der Waals surface area contributed by atoms with Gasteiger partial charge in [-0.2, -0.15) is 0 Å². The molecule has 0 aliphatic carbocycles. The minimum atomic E-state index is -0.591. The van der Waals surface area contributed by atoms with Crippen molar-refractivity contribution >= 4 is 12.3 Å². The van der Waals surface area contributed by atoms with Gasteiger partial charge in [-0.1, -0.05) is 6.07 Å². The highest BCUT2D eigenvalue weighted by Gasteiger charge is 2.22. The molecule has 0 saturated carbocycles. The van der Waals surface area contributed by atoms with Crippen LogP contribution in [0.2, 0.25) is 0 Å². The fourth-order valence-electron chi connectivity index (χ4n) is 2.47. The Bertz CT molecular complexity index is 590. The first kappa shape index (κ1) is 22.1. The maximum Gasteiger partial charge on any atom is 0.306 e. The summed E-state index contributed by atoms with van der Waals surface area (Å²) in [7, 11) is 0. The summed E-state index contributed by atoms with van der Waals surface area (Å²) in [5.74, 6) is -0.0538. The predicted molar refractivity (Wildman–Crippen MR) is 99.0 cm³/mol. The lowest BCUT2D eigenvalue weighted by Crippen LogP contribution is -2.25. The van der Waals surface area contributed by atoms with E-state index in [9.17, 15) is 14.0 Å². The van der Waals surface area contributed by atoms with Crippen LogP contribution < -0.4 is 10.1 Å². The van der Waals surface area contributed by atoms with Crippen LogP contribution in [0.5, 0.6) is 5.75 Å². The number of carbonyl (C=O) groups excluding carboxylic acids is 2. The van der Waals surface area contributed by atoms with Crippen molar-refractivity contribution in [2.75, 3.05) is 13.1 Å². The second kappa shape index (κ2) is 10.3. The molecule has 146 valence electrons. The van der Waals surface area contributed by atoms with E-state index in [2.05, 4.69) is 5.32 Å². The molecule has 0 amide bonds. The summed E-state index contributed by atoms with van der Waals surface area (Å²) in [6.45, 7) is 11.3. The Hall–Kier alpha value is -1.95. The number of hydrogen-bond acceptors (Lipinski definition) is 5. The van der Waals surface area contributed by atoms with Crippen molar-refractivity contribution in [3.05, 3.63) is 29.6 Å². The maximum absolute atomic E-state index is 13.3. The molecule has 1 N–H and O–H groups in total. The summed E-state index contributed by atoms with van der Waals surface area (Å²) in [5.41, 5.74) is -0.318. The fraction of sp³-hybridized carbons (Fsp3) is 0.600. The average Bonchev–Trinajstić information content (AvgIpc) is 3.00. The van der Waals surface area contributed by atoms with E-state index in [0.29, 0.717) is 18.6 Å². The van der Waals surface area contributed by atoms with Gasteiger partial charge >= 0.3 is 5.97 Å². The minimum absolute atomic E-state index is 0.0261. The van der Waals surface area contributed by atoms with Gasteiger partial charge in [-0.05, 0) is 72.2 Å². The Kier molecular flexibility index (Phi) is 8.72. The van der Waals surface area contributed by atoms with Crippen molar-refractivity contribution in [2.24, 2.45) is 5.92 Å². The lowest BCUT2D eigenvalue weighted by molar-refractivity contribution is -0.155. The van der Waals surface area contributed by atoms with Gasteiger partial charge in [0.05, 0.1) is 11.7 Å². The van der Waals surface area contributed by atoms with E-state index in [4.69, 9.17) is 9.47 Å². The van der Waals surface area contributed by atoms with Crippen molar-refractivity contribution in [1.82, 2.24) is 5.32 Å². The van der Waals surface area contributed by atoms with Crippen LogP contribution in [0.1, 0.15) is 57.8 Å². The van der Waals surface area contributed by atoms with Gasteiger partial charge in [-0.3, -0.25) is 9.59 Å². The summed E-state index contributed by atoms with van der Waals surface area (Å²) >= 11 is 0. The van der Waals surface area contributed by atoms with Gasteiger partial charge in [0, 0.05) is 6.42 Å². The monoisotopic (exact) mass is 367 g/mol. The van der Waals surface area contributed by atoms with Gasteiger partial charge in [0.1, 0.15) is 5.60 Å². The van der Waals surface area contributed by atoms with Crippen LogP contribution in [-0.4, -0.2) is 37.0 Å². The van der Waals surface area contributed by atoms with Crippen LogP contribution in [0.15, 0.2) is 18.2 Å². The lowest BCUT2D eigenvalue weighted by Gasteiger charge is -2.20. The molecule has 1 aliphatic rings. The molecule has 1 fully saturated rings. The first-order valence-corrected chi connectivity index (χ1v) is 8.95. The fourth-order valence-corrected chi connectivity index (χ4v) is 2.47. The zero-order chi connectivity index (χ0) is 19.7. The SMILES string of the molecule is CC(C)(C)OC(=O)C[C@H]1CCNC1.CC(C)Oc1cccc(C=O)c1F. The molecule has 1 atom stereocenters. The first-order chi connectivity index (χ1) is 12.1. The molecule has 1 heterocycles. The molecule has 5 nitrogen and oxygen atoms in total. The van der Waals surface area contributed by atoms with E-state index in [1.807, 2.05) is 20.8 Å². The van der Waals surface area contributed by atoms with Crippen LogP contribution in [0.25, 0.3) is 0 Å². The van der Waals surface area contributed by atoms with Crippen molar-refractivity contribution < 1.29 is 23.5 Å². The van der Waals surface area contributed by atoms with E-state index >= 15 is 0 Å². The Morgan fingerprint density at radius 1 is 1.38 bits per heavy atom. The first-order valence-electron chi connectivity index (χ1n) is 8.95. The highest BCUT2D eigenvalue weighted by atomic mass is 19.1. The van der Waals surface area contributed by atoms with Gasteiger partial charge in [-0.15, -0.1) is 0 Å². The molecular formula is C20H30FNO4. The quantitative estimate of drug-likeness (QED) is 0.634. The maximum atomic E-state index is 13.3. The van der Waals surface area contributed by atoms with E-state index in [0.717, 1.165) is 19.5 Å². The third-order valence-corrected chi connectivity index (χ3v) is 3.52. The average molecular weight is 367 g/mol. The third kappa shape index (κ3) is 8.43. The van der Waals surface area contributed by atoms with Crippen LogP contribution in [0.3, 0.4) is 0 Å². The molecule has 1 aliphatic heterocycles. The molecule has 0 aromatic heterocycles. The Balaban J connectivity index is 0.000000260. The smallest absolute Gasteiger partial charge is 0.306 e. The summed E-state index contributed by atoms with van der Waals surface area (Å²) < 4.78 is 23.7. The van der Waals surface area contributed by atoms with Crippen molar-refractivity contribution in [2.45, 2.75) is 59.2 Å². The molecule has 1 aromatic carbocycles. The summed E-state index contributed by atoms with van der Waals surface area (Å²) in [5, 5.41) is 3.23. The number of benzene rings is 1. The topological polar surface area (TPSA) is 64.6 Å². The summed E-state index contributed by atoms with van der Waals surface area (Å²) in [6, 6.07) is 4.50. The largest absolute Gasteiger partial charge is 0.488 e. The second-order valence-corrected chi connectivity index (χ2v) is 7.59. The van der Waals surface area contributed by atoms with Gasteiger partial charge in [0.15, 0.2) is 17.9 Å². The van der Waals surface area contributed by atoms with Crippen LogP contribution in [0.4, 0.5) is 4.39 Å². The van der Waals surface area contributed by atoms with Crippen LogP contribution in [-0.2, 0) is 9.53 Å². The number of esters is 1. The molecule has 0 bridgehead atoms. The molecule has 0 radical (unpaired) electrons. The Morgan fingerprint density at radius 2 is 2.08 bits per heavy atom. The van der Waals surface area contributed by atoms with Crippen molar-refractivity contribution in [3.8, 4) is 5.75 Å². The van der Waals surface area contributed by atoms with Crippen LogP contribution >= 0.6 is 0 Å². The van der Waals surface area contributed by atoms with E-state index in [-0.39, 0.29) is 29.0 Å². The summed E-state index contributed by atoms with van der Waals surface area (Å²) in [4.78, 5) is 21.7. The van der Waals surface area contributed by atoms with E-state index < -0.39 is 5.82 Å². The van der Waals surface area contributed by atoms with Crippen molar-refractivity contribution in [1.29, 1.82) is 0 Å². The highest BCUT2D eigenvalue weighted by Crippen LogP contribution is 2.20. The second-order valence-electron chi connectivity index (χ2n) is 7.59. The predicted octanol–water partition coefficient (Wildman–Crippen LogP) is 3.75. The number of halogens is 1. The Morgan fingerprint density at radius 3 is 2.58 bits per heavy atom. The number of hydrogen-bond donors (Lipinski definition) is 1. The number of nitrogens with one attached hydrogen (secondary N) is 1. The number of carbonyl (C=O) groups is 2. The molecule has 1 saturated heterocycles. The molecule has 6 heteroatoms. The molecule has 1 aromatic rings. The zero-order valence-corrected chi connectivity index (χ0v) is 16.3. The van der Waals surface area contributed by atoms with Gasteiger partial charge in [0.2, 0.25) is 0 Å². The molecule has 2 rings (SSSR count). The number of rotatable bonds is 5. The molecule has 0 unspecified atom stereocenters. The van der Waals surface area contributed by atoms with Gasteiger partial charge in [-0.25, -0.2) is 4.39 Å². The summed E-state index contributed by atoms with van der Waals surface area (Å²) in [6.07, 6.45) is 2.03. The lowest BCUT2D eigenvalue weighted by atomic mass is 10.1. The zero-order valence-electron chi connectivity index (χ0n) is 16.3. The van der Waals surface area contributed by atoms with Crippen LogP contribution in [0, 0.1) is 11.7 Å². The van der Waals surface area contributed by atoms with E-state index in [1.54, 1.807) is 19.9 Å².